The van der Waals surface area contributed by atoms with Crippen LogP contribution in [0.4, 0.5) is 8.78 Å². The molecule has 0 spiro atoms. The third kappa shape index (κ3) is 4.46. The number of hydrogen-bond donors (Lipinski definition) is 0. The Balaban J connectivity index is 1.79. The number of nitrogens with zero attached hydrogens (tertiary/aromatic N) is 2. The normalized spacial score (nSPS) is 20.7. The zero-order chi connectivity index (χ0) is 17.8. The van der Waals surface area contributed by atoms with Crippen molar-refractivity contribution in [3.8, 4) is 17.1 Å². The molecule has 0 bridgehead atoms. The molecule has 0 saturated heterocycles. The van der Waals surface area contributed by atoms with Crippen molar-refractivity contribution in [3.63, 3.8) is 0 Å². The van der Waals surface area contributed by atoms with Gasteiger partial charge in [0.2, 0.25) is 0 Å². The van der Waals surface area contributed by atoms with Crippen LogP contribution in [0.3, 0.4) is 0 Å². The van der Waals surface area contributed by atoms with Gasteiger partial charge in [-0.15, -0.1) is 0 Å². The van der Waals surface area contributed by atoms with Crippen LogP contribution >= 0.6 is 11.6 Å². The topological polar surface area (TPSA) is 35.0 Å². The highest BCUT2D eigenvalue weighted by Crippen LogP contribution is 2.37. The maximum Gasteiger partial charge on any atom is 0.387 e. The lowest BCUT2D eigenvalue weighted by atomic mass is 9.78. The smallest absolute Gasteiger partial charge is 0.387 e. The Hall–Kier alpha value is -1.75. The molecule has 1 aliphatic rings. The number of aromatic nitrogens is 2. The van der Waals surface area contributed by atoms with Crippen molar-refractivity contribution in [1.29, 1.82) is 0 Å². The molecule has 0 radical (unpaired) electrons. The molecule has 25 heavy (non-hydrogen) atoms. The van der Waals surface area contributed by atoms with Gasteiger partial charge >= 0.3 is 6.61 Å². The first-order valence-corrected chi connectivity index (χ1v) is 9.01. The first kappa shape index (κ1) is 18.1. The lowest BCUT2D eigenvalue weighted by molar-refractivity contribution is -0.0494. The van der Waals surface area contributed by atoms with E-state index >= 15 is 0 Å². The summed E-state index contributed by atoms with van der Waals surface area (Å²) in [6.07, 6.45) is 9.65. The van der Waals surface area contributed by atoms with Gasteiger partial charge in [-0.2, -0.15) is 8.78 Å². The van der Waals surface area contributed by atoms with E-state index in [1.165, 1.54) is 25.3 Å². The summed E-state index contributed by atoms with van der Waals surface area (Å²) in [6, 6.07) is 4.56. The summed E-state index contributed by atoms with van der Waals surface area (Å²) in [6.45, 7) is -0.682. The minimum absolute atomic E-state index is 0.0151. The maximum atomic E-state index is 12.6. The van der Waals surface area contributed by atoms with E-state index < -0.39 is 6.61 Å². The highest BCUT2D eigenvalue weighted by Gasteiger charge is 2.22. The molecule has 1 heterocycles. The molecular formula is C19H21ClF2N2O. The molecular weight excluding hydrogens is 346 g/mol. The Kier molecular flexibility index (Phi) is 5.84. The monoisotopic (exact) mass is 366 g/mol. The van der Waals surface area contributed by atoms with Gasteiger partial charge in [-0.25, -0.2) is 9.97 Å². The zero-order valence-corrected chi connectivity index (χ0v) is 14.8. The van der Waals surface area contributed by atoms with E-state index in [0.717, 1.165) is 24.3 Å². The van der Waals surface area contributed by atoms with Crippen molar-refractivity contribution in [1.82, 2.24) is 9.97 Å². The summed E-state index contributed by atoms with van der Waals surface area (Å²) in [5, 5.41) is 0.323. The fourth-order valence-corrected chi connectivity index (χ4v) is 3.63. The number of alkyl halides is 2. The number of rotatable bonds is 5. The van der Waals surface area contributed by atoms with Crippen LogP contribution in [0.1, 0.15) is 50.5 Å². The molecule has 3 rings (SSSR count). The van der Waals surface area contributed by atoms with E-state index in [1.54, 1.807) is 24.5 Å². The van der Waals surface area contributed by atoms with Gasteiger partial charge in [-0.05, 0) is 61.3 Å². The van der Waals surface area contributed by atoms with Crippen LogP contribution in [-0.2, 0) is 0 Å². The molecule has 1 saturated carbocycles. The van der Waals surface area contributed by atoms with Crippen LogP contribution in [0.2, 0.25) is 5.02 Å². The van der Waals surface area contributed by atoms with Gasteiger partial charge in [0, 0.05) is 17.4 Å². The largest absolute Gasteiger partial charge is 0.434 e. The SMILES string of the molecule is CCC1CCC(c2cnc(-c3ccc(Cl)cc3OC(F)F)nc2)CC1. The Morgan fingerprint density at radius 3 is 2.44 bits per heavy atom. The first-order chi connectivity index (χ1) is 12.1. The predicted octanol–water partition coefficient (Wildman–Crippen LogP) is 6.08. The minimum atomic E-state index is -2.93. The van der Waals surface area contributed by atoms with Gasteiger partial charge < -0.3 is 4.74 Å². The standard InChI is InChI=1S/C19H21ClF2N2O/c1-2-12-3-5-13(6-4-12)14-10-23-18(24-11-14)16-8-7-15(20)9-17(16)25-19(21)22/h7-13,19H,2-6H2,1H3. The summed E-state index contributed by atoms with van der Waals surface area (Å²) < 4.78 is 29.8. The van der Waals surface area contributed by atoms with Gasteiger partial charge in [-0.3, -0.25) is 0 Å². The van der Waals surface area contributed by atoms with Crippen molar-refractivity contribution in [2.75, 3.05) is 0 Å². The highest BCUT2D eigenvalue weighted by molar-refractivity contribution is 6.30. The van der Waals surface area contributed by atoms with Crippen LogP contribution in [-0.4, -0.2) is 16.6 Å². The van der Waals surface area contributed by atoms with Gasteiger partial charge in [0.05, 0.1) is 5.56 Å². The lowest BCUT2D eigenvalue weighted by Gasteiger charge is -2.27. The molecule has 0 atom stereocenters. The molecule has 6 heteroatoms. The van der Waals surface area contributed by atoms with Crippen molar-refractivity contribution in [2.45, 2.75) is 51.6 Å². The van der Waals surface area contributed by atoms with Crippen LogP contribution in [0.5, 0.6) is 5.75 Å². The maximum absolute atomic E-state index is 12.6. The van der Waals surface area contributed by atoms with E-state index in [1.807, 2.05) is 0 Å². The molecule has 0 unspecified atom stereocenters. The second-order valence-electron chi connectivity index (χ2n) is 6.48. The first-order valence-electron chi connectivity index (χ1n) is 8.63. The number of halogens is 3. The third-order valence-corrected chi connectivity index (χ3v) is 5.20. The molecule has 1 fully saturated rings. The lowest BCUT2D eigenvalue weighted by Crippen LogP contribution is -2.13. The van der Waals surface area contributed by atoms with Gasteiger partial charge in [0.1, 0.15) is 5.75 Å². The average Bonchev–Trinajstić information content (AvgIpc) is 2.62. The molecule has 1 aromatic carbocycles. The Bertz CT molecular complexity index is 701. The molecule has 0 N–H and O–H groups in total. The minimum Gasteiger partial charge on any atom is -0.434 e. The quantitative estimate of drug-likeness (QED) is 0.643. The van der Waals surface area contributed by atoms with E-state index in [0.29, 0.717) is 22.3 Å². The molecule has 0 aliphatic heterocycles. The van der Waals surface area contributed by atoms with Gasteiger partial charge in [-0.1, -0.05) is 24.9 Å². The molecule has 1 aliphatic carbocycles. The molecule has 1 aromatic heterocycles. The average molecular weight is 367 g/mol. The third-order valence-electron chi connectivity index (χ3n) is 4.97. The van der Waals surface area contributed by atoms with Gasteiger partial charge in [0.15, 0.2) is 5.82 Å². The second-order valence-corrected chi connectivity index (χ2v) is 6.92. The number of benzene rings is 1. The molecule has 134 valence electrons. The number of hydrogen-bond acceptors (Lipinski definition) is 3. The molecule has 3 nitrogen and oxygen atoms in total. The van der Waals surface area contributed by atoms with E-state index in [9.17, 15) is 8.78 Å². The van der Waals surface area contributed by atoms with Crippen molar-refractivity contribution < 1.29 is 13.5 Å². The van der Waals surface area contributed by atoms with Crippen molar-refractivity contribution in [2.24, 2.45) is 5.92 Å². The van der Waals surface area contributed by atoms with E-state index in [4.69, 9.17) is 11.6 Å². The molecule has 0 amide bonds. The van der Waals surface area contributed by atoms with E-state index in [-0.39, 0.29) is 5.75 Å². The van der Waals surface area contributed by atoms with Crippen molar-refractivity contribution >= 4 is 11.6 Å². The highest BCUT2D eigenvalue weighted by atomic mass is 35.5. The Labute approximate surface area is 151 Å². The Morgan fingerprint density at radius 1 is 1.16 bits per heavy atom. The summed E-state index contributed by atoms with van der Waals surface area (Å²) >= 11 is 5.87. The van der Waals surface area contributed by atoms with E-state index in [2.05, 4.69) is 21.6 Å². The summed E-state index contributed by atoms with van der Waals surface area (Å²) in [5.41, 5.74) is 1.52. The second kappa shape index (κ2) is 8.09. The zero-order valence-electron chi connectivity index (χ0n) is 14.1. The van der Waals surface area contributed by atoms with Crippen LogP contribution in [0.25, 0.3) is 11.4 Å². The number of ether oxygens (including phenoxy) is 1. The Morgan fingerprint density at radius 2 is 1.84 bits per heavy atom. The fraction of sp³-hybridized carbons (Fsp3) is 0.474. The summed E-state index contributed by atoms with van der Waals surface area (Å²) in [5.74, 6) is 1.66. The van der Waals surface area contributed by atoms with Crippen molar-refractivity contribution in [3.05, 3.63) is 41.2 Å². The van der Waals surface area contributed by atoms with Gasteiger partial charge in [0.25, 0.3) is 0 Å². The summed E-state index contributed by atoms with van der Waals surface area (Å²) in [7, 11) is 0. The molecule has 2 aromatic rings. The fourth-order valence-electron chi connectivity index (χ4n) is 3.47. The van der Waals surface area contributed by atoms with Crippen LogP contribution < -0.4 is 4.74 Å². The van der Waals surface area contributed by atoms with Crippen LogP contribution in [0, 0.1) is 5.92 Å². The van der Waals surface area contributed by atoms with Crippen LogP contribution in [0.15, 0.2) is 30.6 Å². The summed E-state index contributed by atoms with van der Waals surface area (Å²) in [4.78, 5) is 8.76. The predicted molar refractivity (Wildman–Crippen MR) is 94.1 cm³/mol.